The smallest absolute Gasteiger partial charge is 0.422 e. The summed E-state index contributed by atoms with van der Waals surface area (Å²) in [6.07, 6.45) is 0.303. The molecule has 37 heavy (non-hydrogen) atoms. The number of ether oxygens (including phenoxy) is 1. The van der Waals surface area contributed by atoms with Crippen molar-refractivity contribution in [3.05, 3.63) is 64.2 Å². The first-order valence-corrected chi connectivity index (χ1v) is 12.7. The van der Waals surface area contributed by atoms with Gasteiger partial charge in [-0.25, -0.2) is 0 Å². The van der Waals surface area contributed by atoms with Gasteiger partial charge in [0.25, 0.3) is 0 Å². The summed E-state index contributed by atoms with van der Waals surface area (Å²) in [4.78, 5) is 38.7. The van der Waals surface area contributed by atoms with Gasteiger partial charge in [0.2, 0.25) is 5.91 Å². The second-order valence-corrected chi connectivity index (χ2v) is 10.3. The third-order valence-corrected chi connectivity index (χ3v) is 7.41. The van der Waals surface area contributed by atoms with Crippen LogP contribution in [0.25, 0.3) is 0 Å². The zero-order chi connectivity index (χ0) is 26.7. The molecule has 2 aliphatic carbocycles. The lowest BCUT2D eigenvalue weighted by atomic mass is 9.87. The maximum Gasteiger partial charge on any atom is 0.422 e. The first kappa shape index (κ1) is 26.9. The molecule has 2 atom stereocenters. The summed E-state index contributed by atoms with van der Waals surface area (Å²) < 4.78 is 42.3. The van der Waals surface area contributed by atoms with Crippen molar-refractivity contribution in [3.63, 3.8) is 0 Å². The highest BCUT2D eigenvalue weighted by Gasteiger charge is 2.44. The van der Waals surface area contributed by atoms with Crippen molar-refractivity contribution in [2.24, 2.45) is 5.92 Å². The van der Waals surface area contributed by atoms with E-state index in [2.05, 4.69) is 17.4 Å². The Morgan fingerprint density at radius 3 is 2.38 bits per heavy atom. The first-order chi connectivity index (χ1) is 17.5. The molecule has 2 unspecified atom stereocenters. The molecule has 0 radical (unpaired) electrons. The fourth-order valence-corrected chi connectivity index (χ4v) is 5.68. The van der Waals surface area contributed by atoms with Crippen molar-refractivity contribution in [1.82, 2.24) is 5.32 Å². The number of aryl methyl sites for hydroxylation is 2. The second kappa shape index (κ2) is 11.1. The zero-order valence-electron chi connectivity index (χ0n) is 21.1. The number of amides is 1. The average Bonchev–Trinajstić information content (AvgIpc) is 3.46. The Kier molecular flexibility index (Phi) is 8.05. The summed E-state index contributed by atoms with van der Waals surface area (Å²) in [6.45, 7) is 2.22. The molecule has 2 aliphatic rings. The van der Waals surface area contributed by atoms with Crippen LogP contribution in [0.15, 0.2) is 36.4 Å². The summed E-state index contributed by atoms with van der Waals surface area (Å²) in [5, 5.41) is 2.88. The van der Waals surface area contributed by atoms with Gasteiger partial charge in [-0.2, -0.15) is 13.2 Å². The number of carbonyl (C=O) groups excluding carboxylic acids is 3. The third-order valence-electron chi connectivity index (χ3n) is 7.41. The molecule has 2 saturated carbocycles. The average molecular weight is 516 g/mol. The van der Waals surface area contributed by atoms with Crippen LogP contribution in [0.2, 0.25) is 0 Å². The van der Waals surface area contributed by atoms with Gasteiger partial charge in [0.15, 0.2) is 12.4 Å². The van der Waals surface area contributed by atoms with Crippen molar-refractivity contribution in [1.29, 1.82) is 0 Å². The quantitative estimate of drug-likeness (QED) is 0.448. The molecule has 198 valence electrons. The molecule has 5 nitrogen and oxygen atoms in total. The zero-order valence-corrected chi connectivity index (χ0v) is 21.1. The molecule has 2 fully saturated rings. The van der Waals surface area contributed by atoms with E-state index in [1.165, 1.54) is 43.4 Å². The molecule has 0 aromatic heterocycles. The van der Waals surface area contributed by atoms with E-state index >= 15 is 0 Å². The van der Waals surface area contributed by atoms with Gasteiger partial charge in [-0.1, -0.05) is 37.1 Å². The van der Waals surface area contributed by atoms with Gasteiger partial charge in [-0.3, -0.25) is 14.4 Å². The first-order valence-electron chi connectivity index (χ1n) is 12.7. The predicted molar refractivity (Wildman–Crippen MR) is 132 cm³/mol. The molecule has 4 rings (SSSR count). The number of halogens is 3. The maximum absolute atomic E-state index is 13.2. The van der Waals surface area contributed by atoms with Gasteiger partial charge in [0.05, 0.1) is 0 Å². The minimum atomic E-state index is -4.47. The number of Topliss-reactive ketones (excluding diaryl/α,β-unsaturated/α-hetero) is 2. The number of nitrogens with one attached hydrogen (secondary N) is 1. The minimum Gasteiger partial charge on any atom is -0.484 e. The Hall–Kier alpha value is -3.16. The van der Waals surface area contributed by atoms with E-state index in [1.54, 1.807) is 13.8 Å². The van der Waals surface area contributed by atoms with Crippen molar-refractivity contribution in [2.45, 2.75) is 76.9 Å². The van der Waals surface area contributed by atoms with Crippen LogP contribution >= 0.6 is 0 Å². The SMILES string of the molecule is Cc1cc(OCC(F)(F)F)cc(C)c1C1C(=O)CC(CC(=O)NCc2cccc(C3CCCC3)c2)C1=O. The lowest BCUT2D eigenvalue weighted by Gasteiger charge is -2.18. The number of ketones is 2. The lowest BCUT2D eigenvalue weighted by molar-refractivity contribution is -0.153. The molecule has 0 aliphatic heterocycles. The van der Waals surface area contributed by atoms with Crippen LogP contribution in [0.5, 0.6) is 5.75 Å². The molecule has 1 amide bonds. The molecule has 0 bridgehead atoms. The molecular formula is C29H32F3NO4. The number of alkyl halides is 3. The third kappa shape index (κ3) is 6.59. The number of hydrogen-bond donors (Lipinski definition) is 1. The van der Waals surface area contributed by atoms with Crippen LogP contribution in [-0.2, 0) is 20.9 Å². The van der Waals surface area contributed by atoms with E-state index in [0.29, 0.717) is 29.2 Å². The molecule has 1 N–H and O–H groups in total. The van der Waals surface area contributed by atoms with Crippen molar-refractivity contribution >= 4 is 17.5 Å². The second-order valence-electron chi connectivity index (χ2n) is 10.3. The summed E-state index contributed by atoms with van der Waals surface area (Å²) in [5.74, 6) is -2.02. The molecule has 8 heteroatoms. The monoisotopic (exact) mass is 515 g/mol. The van der Waals surface area contributed by atoms with Crippen LogP contribution in [0.1, 0.15) is 78.2 Å². The summed E-state index contributed by atoms with van der Waals surface area (Å²) in [7, 11) is 0. The molecule has 0 heterocycles. The highest BCUT2D eigenvalue weighted by atomic mass is 19.4. The van der Waals surface area contributed by atoms with Crippen molar-refractivity contribution in [3.8, 4) is 5.75 Å². The highest BCUT2D eigenvalue weighted by molar-refractivity contribution is 6.15. The van der Waals surface area contributed by atoms with Crippen LogP contribution in [0, 0.1) is 19.8 Å². The van der Waals surface area contributed by atoms with E-state index in [9.17, 15) is 27.6 Å². The summed E-state index contributed by atoms with van der Waals surface area (Å²) >= 11 is 0. The predicted octanol–water partition coefficient (Wildman–Crippen LogP) is 5.85. The van der Waals surface area contributed by atoms with Gasteiger partial charge in [0.1, 0.15) is 17.5 Å². The van der Waals surface area contributed by atoms with Crippen LogP contribution in [0.4, 0.5) is 13.2 Å². The topological polar surface area (TPSA) is 72.5 Å². The molecule has 0 spiro atoms. The Morgan fingerprint density at radius 1 is 1.05 bits per heavy atom. The minimum absolute atomic E-state index is 0.0285. The Morgan fingerprint density at radius 2 is 1.73 bits per heavy atom. The van der Waals surface area contributed by atoms with E-state index in [0.717, 1.165) is 5.56 Å². The highest BCUT2D eigenvalue weighted by Crippen LogP contribution is 2.39. The number of hydrogen-bond acceptors (Lipinski definition) is 4. The Labute approximate surface area is 214 Å². The van der Waals surface area contributed by atoms with Gasteiger partial charge >= 0.3 is 6.18 Å². The standard InChI is InChI=1S/C29H32F3NO4/c1-17-10-23(37-16-29(30,31)32)11-18(2)26(17)27-24(34)13-22(28(27)36)14-25(35)33-15-19-6-5-9-21(12-19)20-7-3-4-8-20/h5-6,9-12,20,22,27H,3-4,7-8,13-16H2,1-2H3,(H,33,35). The van der Waals surface area contributed by atoms with Gasteiger partial charge in [-0.15, -0.1) is 0 Å². The Balaban J connectivity index is 1.37. The van der Waals surface area contributed by atoms with Gasteiger partial charge in [0, 0.05) is 25.3 Å². The molecular weight excluding hydrogens is 483 g/mol. The van der Waals surface area contributed by atoms with Crippen LogP contribution < -0.4 is 10.1 Å². The normalized spacial score (nSPS) is 20.5. The number of rotatable bonds is 8. The molecule has 2 aromatic rings. The van der Waals surface area contributed by atoms with Gasteiger partial charge < -0.3 is 10.1 Å². The van der Waals surface area contributed by atoms with E-state index in [4.69, 9.17) is 4.74 Å². The number of carbonyl (C=O) groups is 3. The molecule has 0 saturated heterocycles. The van der Waals surface area contributed by atoms with Crippen molar-refractivity contribution < 1.29 is 32.3 Å². The lowest BCUT2D eigenvalue weighted by Crippen LogP contribution is -2.27. The Bertz CT molecular complexity index is 1160. The van der Waals surface area contributed by atoms with Crippen molar-refractivity contribution in [2.75, 3.05) is 6.61 Å². The fourth-order valence-electron chi connectivity index (χ4n) is 5.68. The largest absolute Gasteiger partial charge is 0.484 e. The van der Waals surface area contributed by atoms with Crippen LogP contribution in [-0.4, -0.2) is 30.3 Å². The van der Waals surface area contributed by atoms with Gasteiger partial charge in [-0.05, 0) is 72.6 Å². The van der Waals surface area contributed by atoms with E-state index in [1.807, 2.05) is 12.1 Å². The maximum atomic E-state index is 13.2. The van der Waals surface area contributed by atoms with E-state index in [-0.39, 0.29) is 36.1 Å². The molecule has 2 aromatic carbocycles. The summed E-state index contributed by atoms with van der Waals surface area (Å²) in [6, 6.07) is 11.0. The van der Waals surface area contributed by atoms with Crippen LogP contribution in [0.3, 0.4) is 0 Å². The fraction of sp³-hybridized carbons (Fsp3) is 0.483. The summed E-state index contributed by atoms with van der Waals surface area (Å²) in [5.41, 5.74) is 3.81. The number of benzene rings is 2. The van der Waals surface area contributed by atoms with E-state index < -0.39 is 24.6 Å².